The monoisotopic (exact) mass is 539 g/mol. The highest BCUT2D eigenvalue weighted by Gasteiger charge is 2.33. The molecule has 0 aliphatic heterocycles. The number of amides is 2. The first-order valence-electron chi connectivity index (χ1n) is 12.5. The maximum absolute atomic E-state index is 13.9. The minimum absolute atomic E-state index is 0.0103. The molecule has 0 spiro atoms. The predicted molar refractivity (Wildman–Crippen MR) is 146 cm³/mol. The molecule has 2 amide bonds. The maximum Gasteiger partial charge on any atom is 0.264 e. The number of sulfonamides is 1. The highest BCUT2D eigenvalue weighted by molar-refractivity contribution is 7.92. The molecule has 0 fully saturated rings. The minimum Gasteiger partial charge on any atom is -0.352 e. The summed E-state index contributed by atoms with van der Waals surface area (Å²) in [7, 11) is -4.11. The standard InChI is InChI=1S/C29H34FN3O4S/c1-5-27(29(35)31-21(2)3)32(19-23-13-15-24(30)16-14-23)28(34)20-33(25-9-7-6-8-10-25)38(36,37)26-17-11-22(4)12-18-26/h6-18,21,27H,5,19-20H2,1-4H3,(H,31,35)/t27-/m1/s1. The Morgan fingerprint density at radius 3 is 2.08 bits per heavy atom. The Morgan fingerprint density at radius 1 is 0.921 bits per heavy atom. The molecule has 0 unspecified atom stereocenters. The van der Waals surface area contributed by atoms with Crippen molar-refractivity contribution in [2.24, 2.45) is 0 Å². The van der Waals surface area contributed by atoms with Crippen molar-refractivity contribution in [1.29, 1.82) is 0 Å². The topological polar surface area (TPSA) is 86.8 Å². The number of aryl methyl sites for hydroxylation is 1. The van der Waals surface area contributed by atoms with Gasteiger partial charge in [0, 0.05) is 12.6 Å². The summed E-state index contributed by atoms with van der Waals surface area (Å²) in [5.74, 6) is -1.32. The van der Waals surface area contributed by atoms with Gasteiger partial charge in [-0.05, 0) is 69.2 Å². The number of anilines is 1. The fourth-order valence-corrected chi connectivity index (χ4v) is 5.46. The number of carbonyl (C=O) groups excluding carboxylic acids is 2. The molecule has 0 heterocycles. The first-order valence-corrected chi connectivity index (χ1v) is 14.0. The van der Waals surface area contributed by atoms with E-state index >= 15 is 0 Å². The van der Waals surface area contributed by atoms with E-state index in [0.717, 1.165) is 9.87 Å². The number of benzene rings is 3. The van der Waals surface area contributed by atoms with E-state index in [4.69, 9.17) is 0 Å². The average molecular weight is 540 g/mol. The zero-order chi connectivity index (χ0) is 27.9. The lowest BCUT2D eigenvalue weighted by molar-refractivity contribution is -0.140. The van der Waals surface area contributed by atoms with E-state index in [-0.39, 0.29) is 23.4 Å². The fourth-order valence-electron chi connectivity index (χ4n) is 4.05. The van der Waals surface area contributed by atoms with E-state index < -0.39 is 34.3 Å². The number of hydrogen-bond acceptors (Lipinski definition) is 4. The third kappa shape index (κ3) is 7.19. The van der Waals surface area contributed by atoms with Gasteiger partial charge in [-0.15, -0.1) is 0 Å². The molecule has 1 atom stereocenters. The lowest BCUT2D eigenvalue weighted by Crippen LogP contribution is -2.53. The molecule has 3 aromatic carbocycles. The molecule has 1 N–H and O–H groups in total. The Balaban J connectivity index is 2.03. The normalized spacial score (nSPS) is 12.2. The van der Waals surface area contributed by atoms with E-state index in [9.17, 15) is 22.4 Å². The van der Waals surface area contributed by atoms with Crippen LogP contribution in [0, 0.1) is 12.7 Å². The van der Waals surface area contributed by atoms with Gasteiger partial charge in [-0.1, -0.05) is 55.0 Å². The smallest absolute Gasteiger partial charge is 0.264 e. The lowest BCUT2D eigenvalue weighted by atomic mass is 10.1. The first kappa shape index (κ1) is 28.8. The summed E-state index contributed by atoms with van der Waals surface area (Å²) >= 11 is 0. The Hall–Kier alpha value is -3.72. The Bertz CT molecular complexity index is 1330. The summed E-state index contributed by atoms with van der Waals surface area (Å²) in [6.45, 7) is 6.77. The largest absolute Gasteiger partial charge is 0.352 e. The fraction of sp³-hybridized carbons (Fsp3) is 0.310. The summed E-state index contributed by atoms with van der Waals surface area (Å²) < 4.78 is 42.1. The molecule has 0 saturated carbocycles. The molecule has 9 heteroatoms. The quantitative estimate of drug-likeness (QED) is 0.384. The molecular weight excluding hydrogens is 505 g/mol. The number of carbonyl (C=O) groups is 2. The van der Waals surface area contributed by atoms with Crippen molar-refractivity contribution in [3.63, 3.8) is 0 Å². The van der Waals surface area contributed by atoms with Crippen LogP contribution in [0.3, 0.4) is 0 Å². The van der Waals surface area contributed by atoms with Crippen LogP contribution in [0.5, 0.6) is 0 Å². The second kappa shape index (κ2) is 12.7. The zero-order valence-corrected chi connectivity index (χ0v) is 22.9. The SMILES string of the molecule is CC[C@H](C(=O)NC(C)C)N(Cc1ccc(F)cc1)C(=O)CN(c1ccccc1)S(=O)(=O)c1ccc(C)cc1. The van der Waals surface area contributed by atoms with Gasteiger partial charge in [-0.3, -0.25) is 13.9 Å². The van der Waals surface area contributed by atoms with Crippen LogP contribution in [-0.2, 0) is 26.2 Å². The van der Waals surface area contributed by atoms with E-state index in [1.54, 1.807) is 61.5 Å². The first-order chi connectivity index (χ1) is 18.0. The van der Waals surface area contributed by atoms with Crippen LogP contribution in [0.15, 0.2) is 83.8 Å². The van der Waals surface area contributed by atoms with Gasteiger partial charge < -0.3 is 10.2 Å². The van der Waals surface area contributed by atoms with Crippen molar-refractivity contribution in [2.75, 3.05) is 10.8 Å². The lowest BCUT2D eigenvalue weighted by Gasteiger charge is -2.33. The van der Waals surface area contributed by atoms with Crippen molar-refractivity contribution in [3.05, 3.63) is 95.8 Å². The number of hydrogen-bond donors (Lipinski definition) is 1. The summed E-state index contributed by atoms with van der Waals surface area (Å²) in [6, 6.07) is 19.4. The molecule has 0 bridgehead atoms. The van der Waals surface area contributed by atoms with Crippen molar-refractivity contribution < 1.29 is 22.4 Å². The van der Waals surface area contributed by atoms with Crippen LogP contribution < -0.4 is 9.62 Å². The average Bonchev–Trinajstić information content (AvgIpc) is 2.88. The van der Waals surface area contributed by atoms with E-state index in [0.29, 0.717) is 17.7 Å². The van der Waals surface area contributed by atoms with Crippen molar-refractivity contribution >= 4 is 27.5 Å². The summed E-state index contributed by atoms with van der Waals surface area (Å²) in [5, 5.41) is 2.85. The zero-order valence-electron chi connectivity index (χ0n) is 22.1. The number of nitrogens with zero attached hydrogens (tertiary/aromatic N) is 2. The van der Waals surface area contributed by atoms with E-state index in [1.807, 2.05) is 20.8 Å². The highest BCUT2D eigenvalue weighted by Crippen LogP contribution is 2.25. The molecule has 38 heavy (non-hydrogen) atoms. The molecule has 0 saturated heterocycles. The molecule has 0 radical (unpaired) electrons. The molecule has 202 valence electrons. The van der Waals surface area contributed by atoms with Gasteiger partial charge in [0.1, 0.15) is 18.4 Å². The van der Waals surface area contributed by atoms with Crippen LogP contribution in [-0.4, -0.2) is 43.8 Å². The van der Waals surface area contributed by atoms with Crippen molar-refractivity contribution in [1.82, 2.24) is 10.2 Å². The Kier molecular flexibility index (Phi) is 9.63. The molecule has 3 rings (SSSR count). The second-order valence-corrected chi connectivity index (χ2v) is 11.3. The number of para-hydroxylation sites is 1. The summed E-state index contributed by atoms with van der Waals surface area (Å²) in [4.78, 5) is 28.4. The van der Waals surface area contributed by atoms with Gasteiger partial charge >= 0.3 is 0 Å². The predicted octanol–water partition coefficient (Wildman–Crippen LogP) is 4.66. The van der Waals surface area contributed by atoms with E-state index in [2.05, 4.69) is 5.32 Å². The number of rotatable bonds is 11. The van der Waals surface area contributed by atoms with Crippen LogP contribution in [0.1, 0.15) is 38.3 Å². The van der Waals surface area contributed by atoms with Gasteiger partial charge in [-0.25, -0.2) is 12.8 Å². The van der Waals surface area contributed by atoms with Crippen molar-refractivity contribution in [2.45, 2.75) is 57.6 Å². The van der Waals surface area contributed by atoms with E-state index in [1.165, 1.54) is 29.2 Å². The maximum atomic E-state index is 13.9. The third-order valence-corrected chi connectivity index (χ3v) is 7.80. The van der Waals surface area contributed by atoms with Gasteiger partial charge in [-0.2, -0.15) is 0 Å². The molecule has 0 aliphatic rings. The second-order valence-electron chi connectivity index (χ2n) is 9.40. The Morgan fingerprint density at radius 2 is 1.53 bits per heavy atom. The van der Waals surface area contributed by atoms with Gasteiger partial charge in [0.2, 0.25) is 11.8 Å². The van der Waals surface area contributed by atoms with Gasteiger partial charge in [0.25, 0.3) is 10.0 Å². The minimum atomic E-state index is -4.11. The van der Waals surface area contributed by atoms with Gasteiger partial charge in [0.15, 0.2) is 0 Å². The summed E-state index contributed by atoms with van der Waals surface area (Å²) in [5.41, 5.74) is 1.84. The summed E-state index contributed by atoms with van der Waals surface area (Å²) in [6.07, 6.45) is 0.307. The van der Waals surface area contributed by atoms with Crippen molar-refractivity contribution in [3.8, 4) is 0 Å². The highest BCUT2D eigenvalue weighted by atomic mass is 32.2. The molecule has 0 aliphatic carbocycles. The van der Waals surface area contributed by atoms with Gasteiger partial charge in [0.05, 0.1) is 10.6 Å². The van der Waals surface area contributed by atoms with Crippen LogP contribution in [0.25, 0.3) is 0 Å². The van der Waals surface area contributed by atoms with Crippen LogP contribution in [0.2, 0.25) is 0 Å². The third-order valence-electron chi connectivity index (χ3n) is 6.02. The van der Waals surface area contributed by atoms with Crippen LogP contribution >= 0.6 is 0 Å². The number of halogens is 1. The van der Waals surface area contributed by atoms with Crippen LogP contribution in [0.4, 0.5) is 10.1 Å². The number of nitrogens with one attached hydrogen (secondary N) is 1. The molecule has 0 aromatic heterocycles. The molecular formula is C29H34FN3O4S. The Labute approximate surface area is 224 Å². The molecule has 3 aromatic rings. The molecule has 7 nitrogen and oxygen atoms in total.